The molecule has 2 rings (SSSR count). The Balaban J connectivity index is 2.13. The zero-order valence-corrected chi connectivity index (χ0v) is 13.5. The van der Waals surface area contributed by atoms with Crippen LogP contribution in [0.1, 0.15) is 18.9 Å². The molecule has 6 nitrogen and oxygen atoms in total. The highest BCUT2D eigenvalue weighted by molar-refractivity contribution is 5.98. The van der Waals surface area contributed by atoms with E-state index in [0.717, 1.165) is 12.8 Å². The van der Waals surface area contributed by atoms with Crippen LogP contribution in [-0.4, -0.2) is 37.4 Å². The second-order valence-corrected chi connectivity index (χ2v) is 4.91. The lowest BCUT2D eigenvalue weighted by atomic mass is 10.1. The van der Waals surface area contributed by atoms with Gasteiger partial charge < -0.3 is 10.1 Å². The summed E-state index contributed by atoms with van der Waals surface area (Å²) < 4.78 is 5.19. The monoisotopic (exact) mass is 311 g/mol. The van der Waals surface area contributed by atoms with Gasteiger partial charge in [0.25, 0.3) is 0 Å². The Kier molecular flexibility index (Phi) is 6.18. The van der Waals surface area contributed by atoms with E-state index in [-0.39, 0.29) is 0 Å². The quantitative estimate of drug-likeness (QED) is 0.818. The van der Waals surface area contributed by atoms with E-state index >= 15 is 0 Å². The van der Waals surface area contributed by atoms with Crippen LogP contribution in [0.2, 0.25) is 0 Å². The summed E-state index contributed by atoms with van der Waals surface area (Å²) in [6.45, 7) is 3.03. The summed E-state index contributed by atoms with van der Waals surface area (Å²) >= 11 is 0. The molecule has 1 heterocycles. The Hall–Kier alpha value is -2.81. The molecule has 0 bridgehead atoms. The summed E-state index contributed by atoms with van der Waals surface area (Å²) in [5.74, 6) is 0.984. The smallest absolute Gasteiger partial charge is 0.232 e. The first-order chi connectivity index (χ1) is 11.3. The van der Waals surface area contributed by atoms with E-state index in [9.17, 15) is 5.26 Å². The van der Waals surface area contributed by atoms with E-state index in [1.165, 1.54) is 12.7 Å². The number of rotatable bonds is 6. The van der Waals surface area contributed by atoms with Crippen molar-refractivity contribution in [2.75, 3.05) is 20.3 Å². The van der Waals surface area contributed by atoms with Crippen LogP contribution in [0, 0.1) is 11.3 Å². The summed E-state index contributed by atoms with van der Waals surface area (Å²) in [4.78, 5) is 4.24. The summed E-state index contributed by atoms with van der Waals surface area (Å²) in [6, 6.07) is 12.3. The molecule has 1 aliphatic heterocycles. The van der Waals surface area contributed by atoms with Gasteiger partial charge in [-0.15, -0.1) is 0 Å². The van der Waals surface area contributed by atoms with Crippen molar-refractivity contribution in [3.8, 4) is 6.07 Å². The summed E-state index contributed by atoms with van der Waals surface area (Å²) in [7, 11) is 1.52. The van der Waals surface area contributed by atoms with Gasteiger partial charge in [0, 0.05) is 12.8 Å². The Bertz CT molecular complexity index is 643. The van der Waals surface area contributed by atoms with Crippen molar-refractivity contribution < 1.29 is 4.74 Å². The van der Waals surface area contributed by atoms with Crippen LogP contribution in [0.5, 0.6) is 0 Å². The third-order valence-corrected chi connectivity index (χ3v) is 3.31. The average molecular weight is 311 g/mol. The van der Waals surface area contributed by atoms with Gasteiger partial charge in [0.2, 0.25) is 5.90 Å². The second kappa shape index (κ2) is 8.59. The number of benzene rings is 1. The second-order valence-electron chi connectivity index (χ2n) is 4.91. The first kappa shape index (κ1) is 16.6. The molecule has 6 heteroatoms. The van der Waals surface area contributed by atoms with Crippen molar-refractivity contribution in [2.24, 2.45) is 10.1 Å². The van der Waals surface area contributed by atoms with Crippen molar-refractivity contribution in [2.45, 2.75) is 19.8 Å². The highest BCUT2D eigenvalue weighted by atomic mass is 16.5. The van der Waals surface area contributed by atoms with E-state index in [1.807, 2.05) is 25.1 Å². The van der Waals surface area contributed by atoms with Crippen LogP contribution in [0.25, 0.3) is 0 Å². The molecule has 23 heavy (non-hydrogen) atoms. The van der Waals surface area contributed by atoms with Gasteiger partial charge in [0.05, 0.1) is 7.11 Å². The maximum atomic E-state index is 9.44. The van der Waals surface area contributed by atoms with Crippen LogP contribution < -0.4 is 5.32 Å². The minimum absolute atomic E-state index is 0.332. The van der Waals surface area contributed by atoms with Crippen molar-refractivity contribution in [3.05, 3.63) is 47.3 Å². The highest BCUT2D eigenvalue weighted by Crippen LogP contribution is 2.16. The molecule has 1 N–H and O–H groups in total. The largest absolute Gasteiger partial charge is 0.480 e. The van der Waals surface area contributed by atoms with Gasteiger partial charge in [-0.1, -0.05) is 37.3 Å². The van der Waals surface area contributed by atoms with Gasteiger partial charge >= 0.3 is 0 Å². The van der Waals surface area contributed by atoms with Gasteiger partial charge in [-0.05, 0) is 18.4 Å². The number of nitrogens with zero attached hydrogens (tertiary/aromatic N) is 4. The fourth-order valence-corrected chi connectivity index (χ4v) is 2.20. The van der Waals surface area contributed by atoms with Crippen LogP contribution in [0.15, 0.2) is 51.8 Å². The van der Waals surface area contributed by atoms with Crippen molar-refractivity contribution >= 4 is 12.1 Å². The zero-order valence-electron chi connectivity index (χ0n) is 13.5. The topological polar surface area (TPSA) is 73.0 Å². The maximum absolute atomic E-state index is 9.44. The molecule has 0 aliphatic carbocycles. The van der Waals surface area contributed by atoms with Crippen LogP contribution >= 0.6 is 0 Å². The zero-order chi connectivity index (χ0) is 16.5. The lowest BCUT2D eigenvalue weighted by Gasteiger charge is -2.26. The van der Waals surface area contributed by atoms with E-state index in [1.54, 1.807) is 11.2 Å². The Morgan fingerprint density at radius 3 is 2.87 bits per heavy atom. The molecule has 0 atom stereocenters. The molecule has 0 aromatic heterocycles. The van der Waals surface area contributed by atoms with Crippen molar-refractivity contribution in [1.29, 1.82) is 5.26 Å². The van der Waals surface area contributed by atoms with Crippen LogP contribution in [0.3, 0.4) is 0 Å². The number of nitrogens with one attached hydrogen (secondary N) is 1. The summed E-state index contributed by atoms with van der Waals surface area (Å²) in [6.07, 6.45) is 3.46. The standard InChI is InChI=1S/C17H21N5O/c1-3-10-21-22-13-20-17(23-2)15(12-18)16(22)19-11-9-14-7-5-4-6-8-14/h4-8,10,19H,3,9,11,13H2,1-2H3/b21-10-. The number of nitriles is 1. The number of methoxy groups -OCH3 is 1. The van der Waals surface area contributed by atoms with Gasteiger partial charge in [-0.2, -0.15) is 10.4 Å². The predicted octanol–water partition coefficient (Wildman–Crippen LogP) is 2.27. The number of hydrazone groups is 1. The molecule has 0 spiro atoms. The average Bonchev–Trinajstić information content (AvgIpc) is 2.60. The molecular weight excluding hydrogens is 290 g/mol. The first-order valence-electron chi connectivity index (χ1n) is 7.61. The predicted molar refractivity (Wildman–Crippen MR) is 90.7 cm³/mol. The fourth-order valence-electron chi connectivity index (χ4n) is 2.20. The van der Waals surface area contributed by atoms with Gasteiger partial charge in [0.1, 0.15) is 18.6 Å². The molecule has 120 valence electrons. The van der Waals surface area contributed by atoms with Gasteiger partial charge in [0.15, 0.2) is 5.57 Å². The summed E-state index contributed by atoms with van der Waals surface area (Å²) in [5, 5.41) is 18.8. The van der Waals surface area contributed by atoms with Gasteiger partial charge in [-0.3, -0.25) is 0 Å². The normalized spacial score (nSPS) is 14.7. The Labute approximate surface area is 136 Å². The number of aliphatic imine (C=N–C) groups is 1. The highest BCUT2D eigenvalue weighted by Gasteiger charge is 2.23. The lowest BCUT2D eigenvalue weighted by Crippen LogP contribution is -2.36. The van der Waals surface area contributed by atoms with Crippen molar-refractivity contribution in [1.82, 2.24) is 10.3 Å². The number of ether oxygens (including phenoxy) is 1. The maximum Gasteiger partial charge on any atom is 0.232 e. The van der Waals surface area contributed by atoms with Crippen molar-refractivity contribution in [3.63, 3.8) is 0 Å². The van der Waals surface area contributed by atoms with Gasteiger partial charge in [-0.25, -0.2) is 10.0 Å². The van der Waals surface area contributed by atoms with E-state index in [0.29, 0.717) is 30.5 Å². The van der Waals surface area contributed by atoms with E-state index in [4.69, 9.17) is 4.74 Å². The first-order valence-corrected chi connectivity index (χ1v) is 7.61. The van der Waals surface area contributed by atoms with Crippen LogP contribution in [-0.2, 0) is 11.2 Å². The number of hydrogen-bond donors (Lipinski definition) is 1. The lowest BCUT2D eigenvalue weighted by molar-refractivity contribution is 0.320. The molecular formula is C17H21N5O. The molecule has 1 aromatic carbocycles. The third-order valence-electron chi connectivity index (χ3n) is 3.31. The third kappa shape index (κ3) is 4.33. The molecule has 0 radical (unpaired) electrons. The SMILES string of the molecule is CC/C=N\N1CN=C(OC)C(C#N)=C1NCCc1ccccc1. The minimum atomic E-state index is 0.332. The molecule has 0 saturated heterocycles. The minimum Gasteiger partial charge on any atom is -0.480 e. The van der Waals surface area contributed by atoms with E-state index in [2.05, 4.69) is 33.6 Å². The number of hydrogen-bond acceptors (Lipinski definition) is 6. The van der Waals surface area contributed by atoms with Crippen LogP contribution in [0.4, 0.5) is 0 Å². The molecule has 0 unspecified atom stereocenters. The fraction of sp³-hybridized carbons (Fsp3) is 0.353. The molecule has 1 aliphatic rings. The summed E-state index contributed by atoms with van der Waals surface area (Å²) in [5.41, 5.74) is 1.61. The molecule has 0 fully saturated rings. The molecule has 0 amide bonds. The Morgan fingerprint density at radius 1 is 1.43 bits per heavy atom. The molecule has 0 saturated carbocycles. The molecule has 1 aromatic rings. The van der Waals surface area contributed by atoms with E-state index < -0.39 is 0 Å². The Morgan fingerprint density at radius 2 is 2.22 bits per heavy atom.